The van der Waals surface area contributed by atoms with Gasteiger partial charge in [0.05, 0.1) is 0 Å². The summed E-state index contributed by atoms with van der Waals surface area (Å²) in [6.45, 7) is 5.02. The molecule has 0 spiro atoms. The summed E-state index contributed by atoms with van der Waals surface area (Å²) in [6, 6.07) is 12.9. The molecule has 0 radical (unpaired) electrons. The maximum absolute atomic E-state index is 13.4. The summed E-state index contributed by atoms with van der Waals surface area (Å²) in [5.41, 5.74) is 0.265. The summed E-state index contributed by atoms with van der Waals surface area (Å²) in [4.78, 5) is 23.2. The molecule has 0 unspecified atom stereocenters. The normalized spacial score (nSPS) is 12.2. The van der Waals surface area contributed by atoms with Crippen molar-refractivity contribution in [2.24, 2.45) is 0 Å². The molecule has 0 amide bonds. The summed E-state index contributed by atoms with van der Waals surface area (Å²) >= 11 is -0.870. The molecular formula is C21H17F4O7STe-. The number of carbonyl (C=O) groups excluding carboxylic acids is 2. The third-order valence-corrected chi connectivity index (χ3v) is 7.88. The molecular weight excluding hydrogens is 600 g/mol. The van der Waals surface area contributed by atoms with Gasteiger partial charge in [0.25, 0.3) is 0 Å². The van der Waals surface area contributed by atoms with Crippen LogP contribution >= 0.6 is 0 Å². The van der Waals surface area contributed by atoms with Gasteiger partial charge in [-0.2, -0.15) is 0 Å². The van der Waals surface area contributed by atoms with Crippen LogP contribution in [0.2, 0.25) is 0 Å². The van der Waals surface area contributed by atoms with Crippen LogP contribution < -0.4 is 16.7 Å². The average molecular weight is 617 g/mol. The third-order valence-electron chi connectivity index (χ3n) is 4.06. The summed E-state index contributed by atoms with van der Waals surface area (Å²) in [5.74, 6) is -6.75. The van der Waals surface area contributed by atoms with Crippen molar-refractivity contribution in [3.8, 4) is 11.5 Å². The Morgan fingerprint density at radius 3 is 1.79 bits per heavy atom. The van der Waals surface area contributed by atoms with Crippen LogP contribution in [0.1, 0.15) is 19.8 Å². The summed E-state index contributed by atoms with van der Waals surface area (Å²) in [7, 11) is -6.62. The minimum atomic E-state index is -6.62. The Hall–Kier alpha value is -2.46. The topological polar surface area (TPSA) is 110 Å². The van der Waals surface area contributed by atoms with Gasteiger partial charge in [-0.05, 0) is 0 Å². The van der Waals surface area contributed by atoms with E-state index in [9.17, 15) is 40.1 Å². The Morgan fingerprint density at radius 1 is 0.941 bits per heavy atom. The molecule has 0 aliphatic rings. The van der Waals surface area contributed by atoms with Crippen molar-refractivity contribution in [1.82, 2.24) is 0 Å². The maximum atomic E-state index is 13.4. The Bertz CT molecular complexity index is 1160. The molecule has 0 fully saturated rings. The second kappa shape index (κ2) is 10.9. The number of hydrogen-bond donors (Lipinski definition) is 0. The molecule has 34 heavy (non-hydrogen) atoms. The van der Waals surface area contributed by atoms with Gasteiger partial charge in [0, 0.05) is 0 Å². The molecule has 0 aliphatic carbocycles. The van der Waals surface area contributed by atoms with Crippen LogP contribution in [0.15, 0.2) is 60.7 Å². The Labute approximate surface area is 202 Å². The van der Waals surface area contributed by atoms with Gasteiger partial charge in [-0.15, -0.1) is 0 Å². The van der Waals surface area contributed by atoms with Crippen LogP contribution in [0.4, 0.5) is 17.6 Å². The summed E-state index contributed by atoms with van der Waals surface area (Å²) in [6.07, 6.45) is -3.13. The molecule has 0 bridgehead atoms. The standard InChI is InChI=1S/C21H18F4O7STe/c1-13(2)19(27)32-15-5-9-17(10-6-15)34-16-7-3-14(4-8-16)31-18(26)11-12-20(22,23)21(24,25)33(28,29)30/h3-10H,1,11-12H2,2H3,(H,28,29,30)/p-1. The van der Waals surface area contributed by atoms with Crippen molar-refractivity contribution in [2.75, 3.05) is 0 Å². The van der Waals surface area contributed by atoms with Crippen molar-refractivity contribution in [3.05, 3.63) is 60.7 Å². The molecule has 0 aromatic heterocycles. The van der Waals surface area contributed by atoms with Crippen LogP contribution in [-0.2, 0) is 19.7 Å². The zero-order valence-electron chi connectivity index (χ0n) is 17.4. The summed E-state index contributed by atoms with van der Waals surface area (Å²) < 4.78 is 95.9. The van der Waals surface area contributed by atoms with E-state index < -0.39 is 67.0 Å². The number of halogens is 4. The minimum absolute atomic E-state index is 0.0326. The number of alkyl halides is 4. The summed E-state index contributed by atoms with van der Waals surface area (Å²) in [5, 5.41) is -5.85. The molecule has 0 saturated heterocycles. The number of benzene rings is 2. The zero-order chi connectivity index (χ0) is 25.7. The van der Waals surface area contributed by atoms with E-state index in [2.05, 4.69) is 6.58 Å². The van der Waals surface area contributed by atoms with E-state index in [0.717, 1.165) is 7.22 Å². The van der Waals surface area contributed by atoms with Gasteiger partial charge in [-0.3, -0.25) is 0 Å². The number of ether oxygens (including phenoxy) is 2. The van der Waals surface area contributed by atoms with Crippen LogP contribution in [-0.4, -0.2) is 57.0 Å². The van der Waals surface area contributed by atoms with E-state index in [4.69, 9.17) is 9.47 Å². The van der Waals surface area contributed by atoms with Gasteiger partial charge >= 0.3 is 203 Å². The fourth-order valence-corrected chi connectivity index (χ4v) is 5.05. The van der Waals surface area contributed by atoms with Crippen molar-refractivity contribution >= 4 is 50.2 Å². The monoisotopic (exact) mass is 619 g/mol. The van der Waals surface area contributed by atoms with Crippen molar-refractivity contribution < 1.29 is 49.6 Å². The zero-order valence-corrected chi connectivity index (χ0v) is 20.6. The van der Waals surface area contributed by atoms with E-state index >= 15 is 0 Å². The first-order valence-corrected chi connectivity index (χ1v) is 13.0. The van der Waals surface area contributed by atoms with Gasteiger partial charge in [0.2, 0.25) is 0 Å². The first-order chi connectivity index (χ1) is 15.6. The van der Waals surface area contributed by atoms with Crippen LogP contribution in [0.5, 0.6) is 11.5 Å². The fraction of sp³-hybridized carbons (Fsp3) is 0.238. The van der Waals surface area contributed by atoms with Crippen LogP contribution in [0.3, 0.4) is 0 Å². The van der Waals surface area contributed by atoms with Crippen molar-refractivity contribution in [2.45, 2.75) is 30.9 Å². The number of hydrogen-bond acceptors (Lipinski definition) is 7. The van der Waals surface area contributed by atoms with Gasteiger partial charge in [0.1, 0.15) is 0 Å². The number of carbonyl (C=O) groups is 2. The quantitative estimate of drug-likeness (QED) is 0.101. The molecule has 2 aromatic carbocycles. The van der Waals surface area contributed by atoms with Crippen LogP contribution in [0.25, 0.3) is 0 Å². The molecule has 7 nitrogen and oxygen atoms in total. The van der Waals surface area contributed by atoms with E-state index in [-0.39, 0.29) is 11.3 Å². The predicted molar refractivity (Wildman–Crippen MR) is 113 cm³/mol. The van der Waals surface area contributed by atoms with E-state index in [1.54, 1.807) is 36.4 Å². The van der Waals surface area contributed by atoms with E-state index in [1.807, 2.05) is 0 Å². The molecule has 13 heteroatoms. The van der Waals surface area contributed by atoms with Gasteiger partial charge in [0.15, 0.2) is 0 Å². The Morgan fingerprint density at radius 2 is 1.38 bits per heavy atom. The molecule has 0 atom stereocenters. The fourth-order valence-electron chi connectivity index (χ4n) is 2.25. The molecule has 2 aromatic rings. The van der Waals surface area contributed by atoms with E-state index in [1.165, 1.54) is 19.1 Å². The van der Waals surface area contributed by atoms with Gasteiger partial charge in [-0.25, -0.2) is 0 Å². The average Bonchev–Trinajstić information content (AvgIpc) is 2.74. The molecule has 0 saturated carbocycles. The van der Waals surface area contributed by atoms with E-state index in [0.29, 0.717) is 5.75 Å². The van der Waals surface area contributed by atoms with Gasteiger partial charge in [-0.1, -0.05) is 0 Å². The second-order valence-electron chi connectivity index (χ2n) is 6.86. The molecule has 2 rings (SSSR count). The molecule has 0 N–H and O–H groups in total. The van der Waals surface area contributed by atoms with Crippen molar-refractivity contribution in [1.29, 1.82) is 0 Å². The van der Waals surface area contributed by atoms with Gasteiger partial charge < -0.3 is 0 Å². The Balaban J connectivity index is 1.92. The molecule has 184 valence electrons. The molecule has 0 aliphatic heterocycles. The first-order valence-electron chi connectivity index (χ1n) is 9.30. The molecule has 0 heterocycles. The second-order valence-corrected chi connectivity index (χ2v) is 11.6. The van der Waals surface area contributed by atoms with Crippen molar-refractivity contribution in [3.63, 3.8) is 0 Å². The van der Waals surface area contributed by atoms with Crippen LogP contribution in [0, 0.1) is 0 Å². The Kier molecular flexibility index (Phi) is 8.87. The third kappa shape index (κ3) is 7.27. The SMILES string of the molecule is C=C(C)C(=O)Oc1ccc([Te]c2ccc(OC(=O)CCC(F)(F)C(F)(F)S(=O)(=O)[O-])cc2)cc1. The first kappa shape index (κ1) is 27.8. The number of esters is 2. The predicted octanol–water partition coefficient (Wildman–Crippen LogP) is 2.28. The number of rotatable bonds is 10.